The summed E-state index contributed by atoms with van der Waals surface area (Å²) in [5, 5.41) is 12.1. The van der Waals surface area contributed by atoms with Gasteiger partial charge in [0, 0.05) is 12.6 Å². The van der Waals surface area contributed by atoms with E-state index in [1.54, 1.807) is 37.5 Å². The second-order valence-electron chi connectivity index (χ2n) is 6.18. The Balaban J connectivity index is 1.92. The molecule has 0 bridgehead atoms. The van der Waals surface area contributed by atoms with Gasteiger partial charge in [0.2, 0.25) is 5.91 Å². The van der Waals surface area contributed by atoms with Crippen LogP contribution >= 0.6 is 0 Å². The van der Waals surface area contributed by atoms with Crippen LogP contribution in [0.5, 0.6) is 17.2 Å². The fourth-order valence-corrected chi connectivity index (χ4v) is 2.48. The number of nitrogens with one attached hydrogen (secondary N) is 1. The third-order valence-electron chi connectivity index (χ3n) is 4.02. The Kier molecular flexibility index (Phi) is 8.23. The molecular weight excluding hydrogens is 342 g/mol. The van der Waals surface area contributed by atoms with Crippen LogP contribution in [0.25, 0.3) is 6.08 Å². The zero-order valence-corrected chi connectivity index (χ0v) is 15.9. The van der Waals surface area contributed by atoms with Gasteiger partial charge in [0.15, 0.2) is 11.5 Å². The van der Waals surface area contributed by atoms with E-state index in [0.717, 1.165) is 30.4 Å². The summed E-state index contributed by atoms with van der Waals surface area (Å²) in [6.45, 7) is 3.20. The van der Waals surface area contributed by atoms with E-state index in [1.807, 2.05) is 18.2 Å². The van der Waals surface area contributed by atoms with Crippen LogP contribution in [0.4, 0.5) is 0 Å². The van der Waals surface area contributed by atoms with Crippen molar-refractivity contribution in [1.29, 1.82) is 0 Å². The number of hydrogen-bond acceptors (Lipinski definition) is 4. The quantitative estimate of drug-likeness (QED) is 0.484. The van der Waals surface area contributed by atoms with E-state index in [1.165, 1.54) is 6.08 Å². The van der Waals surface area contributed by atoms with Gasteiger partial charge in [-0.25, -0.2) is 0 Å². The predicted octanol–water partition coefficient (Wildman–Crippen LogP) is 4.30. The smallest absolute Gasteiger partial charge is 0.244 e. The standard InChI is InChI=1S/C22H27NO4/c1-3-4-5-14-27-21-15-17(8-12-20(21)26-2)9-13-22(25)23-16-18-6-10-19(24)11-7-18/h6-13,15,24H,3-5,14,16H2,1-2H3,(H,23,25). The highest BCUT2D eigenvalue weighted by Gasteiger charge is 2.05. The fraction of sp³-hybridized carbons (Fsp3) is 0.318. The van der Waals surface area contributed by atoms with E-state index >= 15 is 0 Å². The Labute approximate surface area is 160 Å². The molecular formula is C22H27NO4. The maximum absolute atomic E-state index is 12.0. The summed E-state index contributed by atoms with van der Waals surface area (Å²) in [6, 6.07) is 12.3. The maximum Gasteiger partial charge on any atom is 0.244 e. The molecule has 2 aromatic rings. The highest BCUT2D eigenvalue weighted by molar-refractivity contribution is 5.91. The van der Waals surface area contributed by atoms with Gasteiger partial charge in [-0.2, -0.15) is 0 Å². The van der Waals surface area contributed by atoms with Crippen LogP contribution < -0.4 is 14.8 Å². The molecule has 2 rings (SSSR count). The molecule has 0 aliphatic rings. The normalized spacial score (nSPS) is 10.7. The van der Waals surface area contributed by atoms with Gasteiger partial charge in [-0.1, -0.05) is 38.0 Å². The third-order valence-corrected chi connectivity index (χ3v) is 4.02. The molecule has 0 atom stereocenters. The molecule has 0 spiro atoms. The van der Waals surface area contributed by atoms with E-state index in [0.29, 0.717) is 24.7 Å². The van der Waals surface area contributed by atoms with Crippen LogP contribution in [0.3, 0.4) is 0 Å². The van der Waals surface area contributed by atoms with Crippen molar-refractivity contribution in [3.63, 3.8) is 0 Å². The number of ether oxygens (including phenoxy) is 2. The van der Waals surface area contributed by atoms with Crippen molar-refractivity contribution in [2.24, 2.45) is 0 Å². The lowest BCUT2D eigenvalue weighted by Gasteiger charge is -2.11. The minimum atomic E-state index is -0.190. The lowest BCUT2D eigenvalue weighted by atomic mass is 10.2. The molecule has 0 radical (unpaired) electrons. The average molecular weight is 369 g/mol. The molecule has 2 N–H and O–H groups in total. The second-order valence-corrected chi connectivity index (χ2v) is 6.18. The van der Waals surface area contributed by atoms with Crippen LogP contribution in [0, 0.1) is 0 Å². The molecule has 0 aliphatic carbocycles. The van der Waals surface area contributed by atoms with Crippen LogP contribution in [0.15, 0.2) is 48.5 Å². The van der Waals surface area contributed by atoms with Crippen LogP contribution in [-0.4, -0.2) is 24.7 Å². The predicted molar refractivity (Wildman–Crippen MR) is 107 cm³/mol. The number of amides is 1. The number of phenols is 1. The van der Waals surface area contributed by atoms with Crippen molar-refractivity contribution in [3.05, 3.63) is 59.7 Å². The average Bonchev–Trinajstić information content (AvgIpc) is 2.69. The van der Waals surface area contributed by atoms with Gasteiger partial charge < -0.3 is 19.9 Å². The molecule has 1 amide bonds. The molecule has 5 nitrogen and oxygen atoms in total. The van der Waals surface area contributed by atoms with E-state index < -0.39 is 0 Å². The highest BCUT2D eigenvalue weighted by atomic mass is 16.5. The van der Waals surface area contributed by atoms with Crippen molar-refractivity contribution in [1.82, 2.24) is 5.32 Å². The van der Waals surface area contributed by atoms with E-state index in [9.17, 15) is 9.90 Å². The summed E-state index contributed by atoms with van der Waals surface area (Å²) in [4.78, 5) is 12.0. The minimum absolute atomic E-state index is 0.190. The molecule has 27 heavy (non-hydrogen) atoms. The van der Waals surface area contributed by atoms with Gasteiger partial charge in [-0.15, -0.1) is 0 Å². The Morgan fingerprint density at radius 3 is 2.59 bits per heavy atom. The zero-order chi connectivity index (χ0) is 19.5. The summed E-state index contributed by atoms with van der Waals surface area (Å²) in [5.41, 5.74) is 1.78. The molecule has 0 saturated carbocycles. The molecule has 0 aromatic heterocycles. The van der Waals surface area contributed by atoms with Crippen molar-refractivity contribution in [3.8, 4) is 17.2 Å². The van der Waals surface area contributed by atoms with Gasteiger partial charge in [0.1, 0.15) is 5.75 Å². The fourth-order valence-electron chi connectivity index (χ4n) is 2.48. The lowest BCUT2D eigenvalue weighted by molar-refractivity contribution is -0.116. The van der Waals surface area contributed by atoms with E-state index in [4.69, 9.17) is 9.47 Å². The first-order valence-electron chi connectivity index (χ1n) is 9.17. The molecule has 0 fully saturated rings. The second kappa shape index (κ2) is 10.9. The number of aromatic hydroxyl groups is 1. The number of carbonyl (C=O) groups is 1. The topological polar surface area (TPSA) is 67.8 Å². The molecule has 0 aliphatic heterocycles. The number of hydrogen-bond donors (Lipinski definition) is 2. The molecule has 0 unspecified atom stereocenters. The summed E-state index contributed by atoms with van der Waals surface area (Å²) in [5.74, 6) is 1.38. The lowest BCUT2D eigenvalue weighted by Crippen LogP contribution is -2.20. The summed E-state index contributed by atoms with van der Waals surface area (Å²) in [7, 11) is 1.61. The van der Waals surface area contributed by atoms with Gasteiger partial charge in [-0.05, 0) is 47.9 Å². The highest BCUT2D eigenvalue weighted by Crippen LogP contribution is 2.28. The minimum Gasteiger partial charge on any atom is -0.508 e. The van der Waals surface area contributed by atoms with E-state index in [2.05, 4.69) is 12.2 Å². The summed E-state index contributed by atoms with van der Waals surface area (Å²) < 4.78 is 11.1. The first-order chi connectivity index (χ1) is 13.1. The van der Waals surface area contributed by atoms with Gasteiger partial charge in [0.05, 0.1) is 13.7 Å². The number of phenolic OH excluding ortho intramolecular Hbond substituents is 1. The Morgan fingerprint density at radius 2 is 1.89 bits per heavy atom. The third kappa shape index (κ3) is 7.05. The van der Waals surface area contributed by atoms with Crippen molar-refractivity contribution < 1.29 is 19.4 Å². The van der Waals surface area contributed by atoms with Crippen LogP contribution in [0.1, 0.15) is 37.3 Å². The largest absolute Gasteiger partial charge is 0.508 e. The Bertz CT molecular complexity index is 753. The van der Waals surface area contributed by atoms with E-state index in [-0.39, 0.29) is 11.7 Å². The molecule has 2 aromatic carbocycles. The van der Waals surface area contributed by atoms with Gasteiger partial charge in [-0.3, -0.25) is 4.79 Å². The van der Waals surface area contributed by atoms with Crippen LogP contribution in [0.2, 0.25) is 0 Å². The summed E-state index contributed by atoms with van der Waals surface area (Å²) in [6.07, 6.45) is 6.50. The maximum atomic E-state index is 12.0. The van der Waals surface area contributed by atoms with Crippen molar-refractivity contribution in [2.75, 3.05) is 13.7 Å². The number of benzene rings is 2. The van der Waals surface area contributed by atoms with Crippen LogP contribution in [-0.2, 0) is 11.3 Å². The molecule has 0 saturated heterocycles. The molecule has 0 heterocycles. The van der Waals surface area contributed by atoms with Crippen molar-refractivity contribution >= 4 is 12.0 Å². The van der Waals surface area contributed by atoms with Crippen molar-refractivity contribution in [2.45, 2.75) is 32.7 Å². The SMILES string of the molecule is CCCCCOc1cc(C=CC(=O)NCc2ccc(O)cc2)ccc1OC. The number of unbranched alkanes of at least 4 members (excludes halogenated alkanes) is 2. The Morgan fingerprint density at radius 1 is 1.11 bits per heavy atom. The number of carbonyl (C=O) groups excluding carboxylic acids is 1. The number of methoxy groups -OCH3 is 1. The molecule has 144 valence electrons. The van der Waals surface area contributed by atoms with Gasteiger partial charge in [0.25, 0.3) is 0 Å². The van der Waals surface area contributed by atoms with Gasteiger partial charge >= 0.3 is 0 Å². The molecule has 5 heteroatoms. The first-order valence-corrected chi connectivity index (χ1v) is 9.17. The monoisotopic (exact) mass is 369 g/mol. The first kappa shape index (κ1) is 20.4. The Hall–Kier alpha value is -2.95. The zero-order valence-electron chi connectivity index (χ0n) is 15.9. The summed E-state index contributed by atoms with van der Waals surface area (Å²) >= 11 is 0. The number of rotatable bonds is 10.